The van der Waals surface area contributed by atoms with E-state index < -0.39 is 30.1 Å². The first kappa shape index (κ1) is 22.3. The molecule has 7 nitrogen and oxygen atoms in total. The zero-order chi connectivity index (χ0) is 19.3. The Morgan fingerprint density at radius 2 is 1.78 bits per heavy atom. The number of esters is 1. The van der Waals surface area contributed by atoms with Gasteiger partial charge in [-0.2, -0.15) is 0 Å². The lowest BCUT2D eigenvalue weighted by Crippen LogP contribution is -2.32. The fourth-order valence-corrected chi connectivity index (χ4v) is 2.51. The molecule has 0 amide bonds. The molecule has 0 fully saturated rings. The first-order valence-corrected chi connectivity index (χ1v) is 8.18. The Morgan fingerprint density at radius 3 is 2.44 bits per heavy atom. The molecule has 1 aromatic carbocycles. The van der Waals surface area contributed by atoms with Crippen molar-refractivity contribution in [3.05, 3.63) is 41.5 Å². The summed E-state index contributed by atoms with van der Waals surface area (Å²) < 4.78 is 10.4. The second-order valence-corrected chi connectivity index (χ2v) is 6.02. The number of ether oxygens (including phenoxy) is 2. The van der Waals surface area contributed by atoms with E-state index in [1.807, 2.05) is 0 Å². The highest BCUT2D eigenvalue weighted by Crippen LogP contribution is 2.30. The van der Waals surface area contributed by atoms with E-state index in [1.54, 1.807) is 6.92 Å². The molecule has 1 aromatic rings. The van der Waals surface area contributed by atoms with E-state index in [0.717, 1.165) is 6.08 Å². The molecule has 3 atom stereocenters. The van der Waals surface area contributed by atoms with Gasteiger partial charge >= 0.3 is 5.97 Å². The van der Waals surface area contributed by atoms with E-state index in [-0.39, 0.29) is 28.9 Å². The summed E-state index contributed by atoms with van der Waals surface area (Å²) in [4.78, 5) is 24.3. The van der Waals surface area contributed by atoms with Crippen LogP contribution >= 0.6 is 0 Å². The molecular weight excluding hydrogens is 359 g/mol. The number of benzene rings is 1. The smallest absolute Gasteiger partial charge is 0.342 e. The number of aliphatic hydroxyl groups excluding tert-OH is 2. The van der Waals surface area contributed by atoms with Crippen LogP contribution in [0.1, 0.15) is 35.7 Å². The number of cyclic esters (lactones) is 1. The first-order valence-electron chi connectivity index (χ1n) is 8.18. The summed E-state index contributed by atoms with van der Waals surface area (Å²) in [5.41, 5.74) is 0.306. The van der Waals surface area contributed by atoms with Gasteiger partial charge in [0.05, 0.1) is 13.2 Å². The Labute approximate surface area is 155 Å². The highest BCUT2D eigenvalue weighted by molar-refractivity contribution is 5.97. The molecule has 0 spiro atoms. The van der Waals surface area contributed by atoms with Crippen molar-refractivity contribution in [3.63, 3.8) is 0 Å². The van der Waals surface area contributed by atoms with Gasteiger partial charge in [-0.05, 0) is 31.1 Å². The predicted octanol–water partition coefficient (Wildman–Crippen LogP) is 1.75. The van der Waals surface area contributed by atoms with Gasteiger partial charge in [0.25, 0.3) is 0 Å². The molecule has 0 unspecified atom stereocenters. The molecule has 2 rings (SSSR count). The van der Waals surface area contributed by atoms with Gasteiger partial charge < -0.3 is 24.8 Å². The first-order chi connectivity index (χ1) is 12.3. The Bertz CT molecular complexity index is 742. The van der Waals surface area contributed by atoms with Crippen LogP contribution < -0.4 is 4.74 Å². The van der Waals surface area contributed by atoms with Gasteiger partial charge in [0.15, 0.2) is 5.78 Å². The molecule has 1 aliphatic rings. The molecule has 27 heavy (non-hydrogen) atoms. The molecule has 0 aromatic heterocycles. The van der Waals surface area contributed by atoms with Crippen LogP contribution in [0.5, 0.6) is 11.5 Å². The number of hydrogen-bond donors (Lipinski definition) is 3. The molecule has 0 radical (unpaired) electrons. The Hall–Kier alpha value is -2.71. The number of phenolic OH excluding ortho intramolecular Hbond substituents is 1. The Balaban J connectivity index is 0.00000364. The second-order valence-electron chi connectivity index (χ2n) is 6.02. The normalized spacial score (nSPS) is 26.0. The number of halogens is 1. The number of ketones is 1. The van der Waals surface area contributed by atoms with Gasteiger partial charge in [-0.3, -0.25) is 9.50 Å². The van der Waals surface area contributed by atoms with Crippen LogP contribution in [0.15, 0.2) is 30.4 Å². The summed E-state index contributed by atoms with van der Waals surface area (Å²) in [7, 11) is 1.42. The molecule has 0 saturated carbocycles. The van der Waals surface area contributed by atoms with Gasteiger partial charge in [-0.25, -0.2) is 4.79 Å². The number of aliphatic hydroxyl groups is 2. The SMILES string of the molecule is COc1cc(O)c2c(c1)/C=C/C[C@H](O)[C@H](O)C(=O)/C=C\C[C@H](C)OC2=O.F. The summed E-state index contributed by atoms with van der Waals surface area (Å²) >= 11 is 0. The van der Waals surface area contributed by atoms with Crippen LogP contribution in [0.4, 0.5) is 4.70 Å². The van der Waals surface area contributed by atoms with Gasteiger partial charge in [-0.15, -0.1) is 0 Å². The molecule has 1 heterocycles. The van der Waals surface area contributed by atoms with E-state index in [2.05, 4.69) is 0 Å². The van der Waals surface area contributed by atoms with E-state index in [9.17, 15) is 24.9 Å². The minimum atomic E-state index is -1.55. The molecule has 3 N–H and O–H groups in total. The summed E-state index contributed by atoms with van der Waals surface area (Å²) in [6, 6.07) is 2.84. The van der Waals surface area contributed by atoms with Crippen LogP contribution in [0, 0.1) is 0 Å². The van der Waals surface area contributed by atoms with Crippen LogP contribution in [-0.2, 0) is 9.53 Å². The van der Waals surface area contributed by atoms with Crippen molar-refractivity contribution in [2.45, 2.75) is 38.1 Å². The third-order valence-corrected chi connectivity index (χ3v) is 3.95. The number of carbonyl (C=O) groups excluding carboxylic acids is 2. The number of fused-ring (bicyclic) bond motifs is 1. The summed E-state index contributed by atoms with van der Waals surface area (Å²) in [6.07, 6.45) is 2.42. The second kappa shape index (κ2) is 9.84. The maximum Gasteiger partial charge on any atom is 0.342 e. The topological polar surface area (TPSA) is 113 Å². The monoisotopic (exact) mass is 382 g/mol. The van der Waals surface area contributed by atoms with E-state index in [0.29, 0.717) is 11.3 Å². The third-order valence-electron chi connectivity index (χ3n) is 3.95. The standard InChI is InChI=1S/C19H22O7.FH/c1-11-5-3-7-14(20)18(23)15(21)8-4-6-12-9-13(25-2)10-16(22)17(12)19(24)26-11;/h3-4,6-7,9-11,15,18,21-23H,5,8H2,1-2H3;1H/b6-4+,7-3-;/t11-,15-,18+;/m0./s1. The lowest BCUT2D eigenvalue weighted by atomic mass is 10.0. The molecule has 0 saturated heterocycles. The number of rotatable bonds is 1. The minimum absolute atomic E-state index is 0. The van der Waals surface area contributed by atoms with E-state index in [1.165, 1.54) is 37.5 Å². The Kier molecular flexibility index (Phi) is 8.14. The molecule has 1 aliphatic heterocycles. The quantitative estimate of drug-likeness (QED) is 0.634. The highest BCUT2D eigenvalue weighted by Gasteiger charge is 2.23. The van der Waals surface area contributed by atoms with Gasteiger partial charge in [-0.1, -0.05) is 18.2 Å². The van der Waals surface area contributed by atoms with Gasteiger partial charge in [0.2, 0.25) is 0 Å². The van der Waals surface area contributed by atoms with Crippen molar-refractivity contribution in [2.24, 2.45) is 0 Å². The summed E-state index contributed by atoms with van der Waals surface area (Å²) in [6.45, 7) is 1.64. The summed E-state index contributed by atoms with van der Waals surface area (Å²) in [5.74, 6) is -1.29. The van der Waals surface area contributed by atoms with Gasteiger partial charge in [0.1, 0.15) is 29.3 Å². The van der Waals surface area contributed by atoms with Crippen molar-refractivity contribution in [2.75, 3.05) is 7.11 Å². The largest absolute Gasteiger partial charge is 0.507 e. The van der Waals surface area contributed by atoms with Crippen LogP contribution in [0.2, 0.25) is 0 Å². The lowest BCUT2D eigenvalue weighted by molar-refractivity contribution is -0.127. The van der Waals surface area contributed by atoms with E-state index in [4.69, 9.17) is 9.47 Å². The fourth-order valence-electron chi connectivity index (χ4n) is 2.51. The highest BCUT2D eigenvalue weighted by atomic mass is 19.0. The zero-order valence-electron chi connectivity index (χ0n) is 15.0. The third kappa shape index (κ3) is 5.63. The minimum Gasteiger partial charge on any atom is -0.507 e. The average molecular weight is 382 g/mol. The maximum atomic E-state index is 12.4. The predicted molar refractivity (Wildman–Crippen MR) is 96.5 cm³/mol. The fraction of sp³-hybridized carbons (Fsp3) is 0.368. The molecule has 148 valence electrons. The number of methoxy groups -OCH3 is 1. The number of aromatic hydroxyl groups is 1. The average Bonchev–Trinajstić information content (AvgIpc) is 2.59. The molecular formula is C19H23FO7. The van der Waals surface area contributed by atoms with Crippen molar-refractivity contribution in [1.29, 1.82) is 0 Å². The number of hydrogen-bond acceptors (Lipinski definition) is 7. The van der Waals surface area contributed by atoms with Gasteiger partial charge in [0, 0.05) is 12.5 Å². The van der Waals surface area contributed by atoms with E-state index >= 15 is 0 Å². The zero-order valence-corrected chi connectivity index (χ0v) is 15.0. The Morgan fingerprint density at radius 1 is 1.11 bits per heavy atom. The molecule has 0 bridgehead atoms. The summed E-state index contributed by atoms with van der Waals surface area (Å²) in [5, 5.41) is 30.0. The number of carbonyl (C=O) groups is 2. The lowest BCUT2D eigenvalue weighted by Gasteiger charge is -2.16. The van der Waals surface area contributed by atoms with Crippen molar-refractivity contribution >= 4 is 17.8 Å². The van der Waals surface area contributed by atoms with Crippen molar-refractivity contribution in [3.8, 4) is 11.5 Å². The molecule has 0 aliphatic carbocycles. The number of phenols is 1. The van der Waals surface area contributed by atoms with Crippen molar-refractivity contribution in [1.82, 2.24) is 0 Å². The van der Waals surface area contributed by atoms with Crippen LogP contribution in [-0.4, -0.2) is 52.5 Å². The van der Waals surface area contributed by atoms with Crippen LogP contribution in [0.3, 0.4) is 0 Å². The molecule has 8 heteroatoms. The van der Waals surface area contributed by atoms with Crippen molar-refractivity contribution < 1.29 is 39.1 Å². The maximum absolute atomic E-state index is 12.4. The van der Waals surface area contributed by atoms with Crippen LogP contribution in [0.25, 0.3) is 6.08 Å².